The molecule has 1 aliphatic rings. The molecular weight excluding hydrogens is 529 g/mol. The second-order valence-corrected chi connectivity index (χ2v) is 12.2. The van der Waals surface area contributed by atoms with Gasteiger partial charge >= 0.3 is 0 Å². The van der Waals surface area contributed by atoms with Crippen molar-refractivity contribution in [1.29, 1.82) is 0 Å². The van der Waals surface area contributed by atoms with Crippen molar-refractivity contribution in [1.82, 2.24) is 10.2 Å². The van der Waals surface area contributed by atoms with E-state index in [1.165, 1.54) is 23.1 Å². The SMILES string of the molecule is CS(=O)(=O)N(CC(=O)N(Cc1ccccc1)C(Cc1ccccc1)C(=O)NC1CCCCC1)c1cccc(F)c1. The van der Waals surface area contributed by atoms with E-state index in [4.69, 9.17) is 0 Å². The summed E-state index contributed by atoms with van der Waals surface area (Å²) in [5, 5.41) is 3.17. The average molecular weight is 566 g/mol. The molecule has 0 heterocycles. The van der Waals surface area contributed by atoms with E-state index in [0.29, 0.717) is 0 Å². The van der Waals surface area contributed by atoms with Gasteiger partial charge in [-0.3, -0.25) is 13.9 Å². The predicted octanol–water partition coefficient (Wildman–Crippen LogP) is 4.68. The van der Waals surface area contributed by atoms with E-state index >= 15 is 0 Å². The molecule has 0 bridgehead atoms. The molecule has 1 atom stereocenters. The monoisotopic (exact) mass is 565 g/mol. The molecular formula is C31H36FN3O4S. The first-order chi connectivity index (χ1) is 19.2. The number of amides is 2. The van der Waals surface area contributed by atoms with Crippen LogP contribution in [-0.2, 0) is 32.6 Å². The molecule has 1 saturated carbocycles. The quantitative estimate of drug-likeness (QED) is 0.366. The maximum Gasteiger partial charge on any atom is 0.244 e. The molecule has 1 fully saturated rings. The number of carbonyl (C=O) groups is 2. The van der Waals surface area contributed by atoms with E-state index in [9.17, 15) is 22.4 Å². The van der Waals surface area contributed by atoms with Gasteiger partial charge in [0, 0.05) is 19.0 Å². The van der Waals surface area contributed by atoms with Crippen molar-refractivity contribution in [3.63, 3.8) is 0 Å². The van der Waals surface area contributed by atoms with Crippen LogP contribution in [0.2, 0.25) is 0 Å². The molecule has 3 aromatic carbocycles. The standard InChI is InChI=1S/C31H36FN3O4S/c1-40(38,39)35(28-19-11-16-26(32)21-28)23-30(36)34(22-25-14-7-3-8-15-25)29(20-24-12-5-2-6-13-24)31(37)33-27-17-9-4-10-18-27/h2-3,5-8,11-16,19,21,27,29H,4,9-10,17-18,20,22-23H2,1H3,(H,33,37). The molecule has 1 aliphatic carbocycles. The molecule has 40 heavy (non-hydrogen) atoms. The summed E-state index contributed by atoms with van der Waals surface area (Å²) in [5.41, 5.74) is 1.72. The zero-order chi connectivity index (χ0) is 28.5. The molecule has 0 spiro atoms. The van der Waals surface area contributed by atoms with Crippen LogP contribution in [-0.4, -0.2) is 50.0 Å². The lowest BCUT2D eigenvalue weighted by atomic mass is 9.94. The van der Waals surface area contributed by atoms with Gasteiger partial charge in [-0.05, 0) is 42.2 Å². The summed E-state index contributed by atoms with van der Waals surface area (Å²) in [5.74, 6) is -1.44. The van der Waals surface area contributed by atoms with Crippen molar-refractivity contribution in [3.05, 3.63) is 102 Å². The van der Waals surface area contributed by atoms with Gasteiger partial charge in [0.2, 0.25) is 21.8 Å². The van der Waals surface area contributed by atoms with Gasteiger partial charge in [-0.1, -0.05) is 86.0 Å². The molecule has 0 aliphatic heterocycles. The minimum atomic E-state index is -3.95. The van der Waals surface area contributed by atoms with Crippen LogP contribution in [0.3, 0.4) is 0 Å². The molecule has 0 aromatic heterocycles. The van der Waals surface area contributed by atoms with Crippen molar-refractivity contribution in [2.45, 2.75) is 57.2 Å². The molecule has 9 heteroatoms. The van der Waals surface area contributed by atoms with E-state index in [-0.39, 0.29) is 30.6 Å². The van der Waals surface area contributed by atoms with Gasteiger partial charge in [0.05, 0.1) is 11.9 Å². The molecule has 0 radical (unpaired) electrons. The third-order valence-electron chi connectivity index (χ3n) is 7.19. The van der Waals surface area contributed by atoms with Crippen LogP contribution in [0.1, 0.15) is 43.2 Å². The zero-order valence-electron chi connectivity index (χ0n) is 22.7. The lowest BCUT2D eigenvalue weighted by Gasteiger charge is -2.35. The fourth-order valence-electron chi connectivity index (χ4n) is 5.12. The smallest absolute Gasteiger partial charge is 0.244 e. The number of carbonyl (C=O) groups excluding carboxylic acids is 2. The maximum absolute atomic E-state index is 14.0. The number of anilines is 1. The summed E-state index contributed by atoms with van der Waals surface area (Å²) in [6, 6.07) is 23.0. The number of benzene rings is 3. The normalized spacial score (nSPS) is 14.8. The van der Waals surface area contributed by atoms with E-state index in [0.717, 1.165) is 59.9 Å². The predicted molar refractivity (Wildman–Crippen MR) is 155 cm³/mol. The fourth-order valence-corrected chi connectivity index (χ4v) is 5.96. The highest BCUT2D eigenvalue weighted by molar-refractivity contribution is 7.92. The lowest BCUT2D eigenvalue weighted by molar-refractivity contribution is -0.140. The van der Waals surface area contributed by atoms with Crippen molar-refractivity contribution in [2.24, 2.45) is 0 Å². The van der Waals surface area contributed by atoms with Crippen LogP contribution in [0.4, 0.5) is 10.1 Å². The number of hydrogen-bond acceptors (Lipinski definition) is 4. The Balaban J connectivity index is 1.70. The summed E-state index contributed by atoms with van der Waals surface area (Å²) < 4.78 is 40.5. The van der Waals surface area contributed by atoms with Crippen LogP contribution < -0.4 is 9.62 Å². The Bertz CT molecular complexity index is 1380. The van der Waals surface area contributed by atoms with Gasteiger partial charge in [0.15, 0.2) is 0 Å². The molecule has 3 aromatic rings. The van der Waals surface area contributed by atoms with Crippen molar-refractivity contribution >= 4 is 27.5 Å². The third-order valence-corrected chi connectivity index (χ3v) is 8.33. The first kappa shape index (κ1) is 29.3. The second kappa shape index (κ2) is 13.6. The fraction of sp³-hybridized carbons (Fsp3) is 0.355. The van der Waals surface area contributed by atoms with E-state index in [1.54, 1.807) is 0 Å². The van der Waals surface area contributed by atoms with E-state index < -0.39 is 34.3 Å². The summed E-state index contributed by atoms with van der Waals surface area (Å²) in [4.78, 5) is 29.4. The molecule has 212 valence electrons. The Morgan fingerprint density at radius 1 is 0.900 bits per heavy atom. The molecule has 1 unspecified atom stereocenters. The second-order valence-electron chi connectivity index (χ2n) is 10.3. The van der Waals surface area contributed by atoms with Gasteiger partial charge in [0.25, 0.3) is 0 Å². The Kier molecular flexibility index (Phi) is 9.93. The van der Waals surface area contributed by atoms with Gasteiger partial charge < -0.3 is 10.2 Å². The van der Waals surface area contributed by atoms with Crippen molar-refractivity contribution in [3.8, 4) is 0 Å². The minimum Gasteiger partial charge on any atom is -0.352 e. The molecule has 0 saturated heterocycles. The van der Waals surface area contributed by atoms with Crippen LogP contribution in [0.25, 0.3) is 0 Å². The Morgan fingerprint density at radius 2 is 1.52 bits per heavy atom. The molecule has 4 rings (SSSR count). The lowest BCUT2D eigenvalue weighted by Crippen LogP contribution is -2.55. The number of sulfonamides is 1. The largest absolute Gasteiger partial charge is 0.352 e. The zero-order valence-corrected chi connectivity index (χ0v) is 23.5. The van der Waals surface area contributed by atoms with Gasteiger partial charge in [-0.2, -0.15) is 0 Å². The maximum atomic E-state index is 14.0. The third kappa shape index (κ3) is 8.14. The number of nitrogens with one attached hydrogen (secondary N) is 1. The van der Waals surface area contributed by atoms with Crippen LogP contribution in [0.5, 0.6) is 0 Å². The average Bonchev–Trinajstić information content (AvgIpc) is 2.94. The Labute approximate surface area is 236 Å². The van der Waals surface area contributed by atoms with Gasteiger partial charge in [0.1, 0.15) is 18.4 Å². The molecule has 1 N–H and O–H groups in total. The van der Waals surface area contributed by atoms with Crippen LogP contribution in [0, 0.1) is 5.82 Å². The Hall–Kier alpha value is -3.72. The summed E-state index contributed by atoms with van der Waals surface area (Å²) in [7, 11) is -3.95. The van der Waals surface area contributed by atoms with Crippen molar-refractivity contribution in [2.75, 3.05) is 17.1 Å². The van der Waals surface area contributed by atoms with Gasteiger partial charge in [-0.25, -0.2) is 12.8 Å². The van der Waals surface area contributed by atoms with Crippen LogP contribution >= 0.6 is 0 Å². The molecule has 7 nitrogen and oxygen atoms in total. The highest BCUT2D eigenvalue weighted by Gasteiger charge is 2.34. The first-order valence-corrected chi connectivity index (χ1v) is 15.5. The first-order valence-electron chi connectivity index (χ1n) is 13.6. The summed E-state index contributed by atoms with van der Waals surface area (Å²) >= 11 is 0. The van der Waals surface area contributed by atoms with Crippen LogP contribution in [0.15, 0.2) is 84.9 Å². The highest BCUT2D eigenvalue weighted by atomic mass is 32.2. The number of rotatable bonds is 11. The highest BCUT2D eigenvalue weighted by Crippen LogP contribution is 2.22. The summed E-state index contributed by atoms with van der Waals surface area (Å²) in [6.45, 7) is -0.465. The van der Waals surface area contributed by atoms with E-state index in [1.807, 2.05) is 60.7 Å². The topological polar surface area (TPSA) is 86.8 Å². The number of nitrogens with zero attached hydrogens (tertiary/aromatic N) is 2. The Morgan fingerprint density at radius 3 is 2.12 bits per heavy atom. The number of halogens is 1. The van der Waals surface area contributed by atoms with E-state index in [2.05, 4.69) is 5.32 Å². The van der Waals surface area contributed by atoms with Crippen molar-refractivity contribution < 1.29 is 22.4 Å². The number of hydrogen-bond donors (Lipinski definition) is 1. The summed E-state index contributed by atoms with van der Waals surface area (Å²) in [6.07, 6.45) is 6.23. The molecule has 2 amide bonds. The van der Waals surface area contributed by atoms with Gasteiger partial charge in [-0.15, -0.1) is 0 Å². The minimum absolute atomic E-state index is 0.0352.